The Kier molecular flexibility index (Phi) is 2.76. The molecule has 1 aromatic rings. The first-order chi connectivity index (χ1) is 7.85. The molecule has 1 aromatic heterocycles. The summed E-state index contributed by atoms with van der Waals surface area (Å²) in [6.07, 6.45) is -2.47. The second-order valence-electron chi connectivity index (χ2n) is 5.06. The Hall–Kier alpha value is -1.07. The van der Waals surface area contributed by atoms with Crippen molar-refractivity contribution in [1.82, 2.24) is 9.78 Å². The van der Waals surface area contributed by atoms with Crippen LogP contribution >= 0.6 is 0 Å². The normalized spacial score (nSPS) is 27.1. The van der Waals surface area contributed by atoms with E-state index in [1.54, 1.807) is 13.8 Å². The monoisotopic (exact) mass is 264 g/mol. The van der Waals surface area contributed by atoms with Crippen molar-refractivity contribution in [1.29, 1.82) is 0 Å². The highest BCUT2D eigenvalue weighted by Crippen LogP contribution is 2.68. The Bertz CT molecular complexity index is 479. The van der Waals surface area contributed by atoms with E-state index in [-0.39, 0.29) is 24.7 Å². The van der Waals surface area contributed by atoms with Gasteiger partial charge in [-0.2, -0.15) is 13.9 Å². The molecule has 0 radical (unpaired) electrons. The predicted octanol–water partition coefficient (Wildman–Crippen LogP) is 4.25. The second kappa shape index (κ2) is 3.71. The Morgan fingerprint density at radius 3 is 2.44 bits per heavy atom. The molecule has 2 aliphatic carbocycles. The predicted molar refractivity (Wildman–Crippen MR) is 59.0 cm³/mol. The zero-order valence-electron chi connectivity index (χ0n) is 9.42. The first-order valence-electron chi connectivity index (χ1n) is 5.64. The number of rotatable bonds is 2. The molecular formula is C12H16F4N2. The maximum Gasteiger partial charge on any atom is 0.293 e. The fourth-order valence-electron chi connectivity index (χ4n) is 2.79. The molecule has 1 fully saturated rings. The third-order valence-electron chi connectivity index (χ3n) is 3.61. The van der Waals surface area contributed by atoms with E-state index < -0.39 is 29.9 Å². The van der Waals surface area contributed by atoms with Crippen LogP contribution in [0.15, 0.2) is 0 Å². The zero-order chi connectivity index (χ0) is 12.5. The number of halogens is 4. The highest BCUT2D eigenvalue weighted by molar-refractivity contribution is 5.46. The molecule has 2 nitrogen and oxygen atoms in total. The molecule has 18 heavy (non-hydrogen) atoms. The smallest absolute Gasteiger partial charge is 0.260 e. The first kappa shape index (κ1) is 13.4. The van der Waals surface area contributed by atoms with E-state index in [0.29, 0.717) is 6.42 Å². The fraction of sp³-hybridized carbons (Fsp3) is 0.750. The molecule has 0 aromatic carbocycles. The topological polar surface area (TPSA) is 17.8 Å². The highest BCUT2D eigenvalue weighted by atomic mass is 19.3. The number of fused-ring (bicyclic) bond motifs is 3. The van der Waals surface area contributed by atoms with Crippen LogP contribution in [0.5, 0.6) is 0 Å². The molecule has 102 valence electrons. The molecular weight excluding hydrogens is 248 g/mol. The first-order valence-corrected chi connectivity index (χ1v) is 5.64. The van der Waals surface area contributed by atoms with E-state index in [2.05, 4.69) is 5.10 Å². The van der Waals surface area contributed by atoms with Gasteiger partial charge in [-0.1, -0.05) is 7.43 Å². The van der Waals surface area contributed by atoms with Gasteiger partial charge < -0.3 is 0 Å². The van der Waals surface area contributed by atoms with Crippen molar-refractivity contribution >= 4 is 0 Å². The SMILES string of the molecule is C.CC(C)n1nc(C(F)F)c2c1C(F)(F)[C@@H]1C[C@H]21. The van der Waals surface area contributed by atoms with Gasteiger partial charge in [0.15, 0.2) is 0 Å². The molecule has 0 saturated heterocycles. The molecule has 0 amide bonds. The van der Waals surface area contributed by atoms with E-state index in [4.69, 9.17) is 0 Å². The second-order valence-corrected chi connectivity index (χ2v) is 5.06. The van der Waals surface area contributed by atoms with Crippen LogP contribution in [-0.4, -0.2) is 9.78 Å². The van der Waals surface area contributed by atoms with Crippen LogP contribution in [0.2, 0.25) is 0 Å². The minimum absolute atomic E-state index is 0. The van der Waals surface area contributed by atoms with Gasteiger partial charge >= 0.3 is 0 Å². The lowest BCUT2D eigenvalue weighted by Crippen LogP contribution is -2.21. The van der Waals surface area contributed by atoms with Crippen LogP contribution < -0.4 is 0 Å². The largest absolute Gasteiger partial charge is 0.293 e. The van der Waals surface area contributed by atoms with Gasteiger partial charge in [-0.25, -0.2) is 8.78 Å². The van der Waals surface area contributed by atoms with Gasteiger partial charge in [-0.3, -0.25) is 4.68 Å². The summed E-state index contributed by atoms with van der Waals surface area (Å²) in [5, 5.41) is 3.69. The summed E-state index contributed by atoms with van der Waals surface area (Å²) in [7, 11) is 0. The lowest BCUT2D eigenvalue weighted by molar-refractivity contribution is -0.0319. The van der Waals surface area contributed by atoms with Crippen LogP contribution in [0.25, 0.3) is 0 Å². The number of hydrogen-bond acceptors (Lipinski definition) is 1. The maximum absolute atomic E-state index is 14.0. The van der Waals surface area contributed by atoms with Gasteiger partial charge in [0, 0.05) is 17.5 Å². The molecule has 0 unspecified atom stereocenters. The van der Waals surface area contributed by atoms with Gasteiger partial charge in [0.05, 0.1) is 0 Å². The van der Waals surface area contributed by atoms with Crippen molar-refractivity contribution < 1.29 is 17.6 Å². The summed E-state index contributed by atoms with van der Waals surface area (Å²) >= 11 is 0. The average Bonchev–Trinajstić information content (AvgIpc) is 2.83. The number of hydrogen-bond donors (Lipinski definition) is 0. The van der Waals surface area contributed by atoms with E-state index >= 15 is 0 Å². The molecule has 0 spiro atoms. The van der Waals surface area contributed by atoms with Crippen LogP contribution in [0.1, 0.15) is 63.0 Å². The highest BCUT2D eigenvalue weighted by Gasteiger charge is 2.67. The Morgan fingerprint density at radius 2 is 1.94 bits per heavy atom. The number of nitrogens with zero attached hydrogens (tertiary/aromatic N) is 2. The van der Waals surface area contributed by atoms with E-state index in [0.717, 1.165) is 4.68 Å². The molecule has 3 rings (SSSR count). The Morgan fingerprint density at radius 1 is 1.33 bits per heavy atom. The molecule has 0 bridgehead atoms. The average molecular weight is 264 g/mol. The third-order valence-corrected chi connectivity index (χ3v) is 3.61. The standard InChI is InChI=1S/C11H12F4N2.CH4/c1-4(2)17-9-7(8(16-17)10(12)13)5-3-6(5)11(9,14)15;/h4-6,10H,3H2,1-2H3;1H4/t5-,6+;/m0./s1. The molecule has 1 heterocycles. The van der Waals surface area contributed by atoms with E-state index in [1.165, 1.54) is 0 Å². The van der Waals surface area contributed by atoms with Crippen molar-refractivity contribution in [3.05, 3.63) is 17.0 Å². The minimum Gasteiger partial charge on any atom is -0.260 e. The number of alkyl halides is 4. The Balaban J connectivity index is 0.00000120. The third kappa shape index (κ3) is 1.44. The van der Waals surface area contributed by atoms with Crippen LogP contribution in [0.4, 0.5) is 17.6 Å². The quantitative estimate of drug-likeness (QED) is 0.730. The lowest BCUT2D eigenvalue weighted by Gasteiger charge is -2.17. The lowest BCUT2D eigenvalue weighted by atomic mass is 10.1. The van der Waals surface area contributed by atoms with Crippen molar-refractivity contribution in [2.75, 3.05) is 0 Å². The summed E-state index contributed by atoms with van der Waals surface area (Å²) in [6, 6.07) is -0.334. The summed E-state index contributed by atoms with van der Waals surface area (Å²) < 4.78 is 54.6. The van der Waals surface area contributed by atoms with Crippen LogP contribution in [0, 0.1) is 5.92 Å². The van der Waals surface area contributed by atoms with E-state index in [1.807, 2.05) is 0 Å². The number of aromatic nitrogens is 2. The summed E-state index contributed by atoms with van der Waals surface area (Å²) in [5.41, 5.74) is -0.605. The van der Waals surface area contributed by atoms with Crippen LogP contribution in [-0.2, 0) is 5.92 Å². The Labute approximate surface area is 103 Å². The molecule has 2 aliphatic rings. The van der Waals surface area contributed by atoms with Crippen molar-refractivity contribution in [3.63, 3.8) is 0 Å². The van der Waals surface area contributed by atoms with Crippen LogP contribution in [0.3, 0.4) is 0 Å². The molecule has 6 heteroatoms. The van der Waals surface area contributed by atoms with E-state index in [9.17, 15) is 17.6 Å². The molecule has 2 atom stereocenters. The summed E-state index contributed by atoms with van der Waals surface area (Å²) in [5.74, 6) is -4.18. The minimum atomic E-state index is -3.00. The van der Waals surface area contributed by atoms with Crippen molar-refractivity contribution in [2.24, 2.45) is 5.92 Å². The van der Waals surface area contributed by atoms with Gasteiger partial charge in [-0.15, -0.1) is 0 Å². The molecule has 0 N–H and O–H groups in total. The van der Waals surface area contributed by atoms with Gasteiger partial charge in [0.1, 0.15) is 11.4 Å². The maximum atomic E-state index is 14.0. The van der Waals surface area contributed by atoms with Crippen molar-refractivity contribution in [2.45, 2.75) is 52.0 Å². The molecule has 1 saturated carbocycles. The molecule has 0 aliphatic heterocycles. The van der Waals surface area contributed by atoms with Gasteiger partial charge in [0.2, 0.25) is 0 Å². The fourth-order valence-corrected chi connectivity index (χ4v) is 2.79. The summed E-state index contributed by atoms with van der Waals surface area (Å²) in [4.78, 5) is 0. The van der Waals surface area contributed by atoms with Gasteiger partial charge in [0.25, 0.3) is 12.3 Å². The van der Waals surface area contributed by atoms with Gasteiger partial charge in [-0.05, 0) is 26.2 Å². The summed E-state index contributed by atoms with van der Waals surface area (Å²) in [6.45, 7) is 3.34. The zero-order valence-corrected chi connectivity index (χ0v) is 9.42. The van der Waals surface area contributed by atoms with Crippen molar-refractivity contribution in [3.8, 4) is 0 Å².